The van der Waals surface area contributed by atoms with E-state index in [1.165, 1.54) is 44.9 Å². The Morgan fingerprint density at radius 2 is 1.85 bits per heavy atom. The number of allylic oxidation sites excluding steroid dienone is 2. The summed E-state index contributed by atoms with van der Waals surface area (Å²) >= 11 is 0. The molecule has 4 rings (SSSR count). The SMILES string of the molecule is CC12C=CCC1C1CC(O)C3CCCCC3(C)C1CC2. The van der Waals surface area contributed by atoms with Gasteiger partial charge in [0.1, 0.15) is 0 Å². The molecule has 0 amide bonds. The van der Waals surface area contributed by atoms with E-state index in [2.05, 4.69) is 26.0 Å². The predicted octanol–water partition coefficient (Wildman–Crippen LogP) is 4.56. The molecule has 3 saturated carbocycles. The van der Waals surface area contributed by atoms with Crippen molar-refractivity contribution in [1.82, 2.24) is 0 Å². The van der Waals surface area contributed by atoms with Crippen molar-refractivity contribution in [2.24, 2.45) is 34.5 Å². The van der Waals surface area contributed by atoms with Crippen molar-refractivity contribution < 1.29 is 5.11 Å². The van der Waals surface area contributed by atoms with Crippen LogP contribution in [0.5, 0.6) is 0 Å². The molecule has 4 aliphatic rings. The Labute approximate surface area is 123 Å². The Morgan fingerprint density at radius 1 is 1.00 bits per heavy atom. The molecule has 0 bridgehead atoms. The molecular weight excluding hydrogens is 244 g/mol. The van der Waals surface area contributed by atoms with Crippen LogP contribution in [-0.4, -0.2) is 11.2 Å². The van der Waals surface area contributed by atoms with Gasteiger partial charge in [-0.1, -0.05) is 38.8 Å². The van der Waals surface area contributed by atoms with Gasteiger partial charge in [0.25, 0.3) is 0 Å². The maximum absolute atomic E-state index is 10.8. The van der Waals surface area contributed by atoms with Crippen LogP contribution in [0, 0.1) is 34.5 Å². The summed E-state index contributed by atoms with van der Waals surface area (Å²) in [4.78, 5) is 0. The summed E-state index contributed by atoms with van der Waals surface area (Å²) in [5.41, 5.74) is 0.878. The van der Waals surface area contributed by atoms with Gasteiger partial charge in [-0.05, 0) is 73.0 Å². The van der Waals surface area contributed by atoms with Crippen molar-refractivity contribution in [3.8, 4) is 0 Å². The molecule has 7 unspecified atom stereocenters. The first-order valence-electron chi connectivity index (χ1n) is 8.90. The summed E-state index contributed by atoms with van der Waals surface area (Å²) in [6.45, 7) is 5.00. The maximum atomic E-state index is 10.8. The molecule has 1 N–H and O–H groups in total. The van der Waals surface area contributed by atoms with Crippen molar-refractivity contribution in [2.75, 3.05) is 0 Å². The fourth-order valence-electron chi connectivity index (χ4n) is 6.84. The number of hydrogen-bond acceptors (Lipinski definition) is 1. The van der Waals surface area contributed by atoms with Gasteiger partial charge in [0.2, 0.25) is 0 Å². The van der Waals surface area contributed by atoms with E-state index < -0.39 is 0 Å². The highest BCUT2D eigenvalue weighted by Gasteiger charge is 2.58. The average molecular weight is 274 g/mol. The van der Waals surface area contributed by atoms with Gasteiger partial charge < -0.3 is 5.11 Å². The Balaban J connectivity index is 1.68. The fraction of sp³-hybridized carbons (Fsp3) is 0.895. The van der Waals surface area contributed by atoms with Crippen molar-refractivity contribution in [2.45, 2.75) is 71.3 Å². The van der Waals surface area contributed by atoms with Crippen LogP contribution >= 0.6 is 0 Å². The van der Waals surface area contributed by atoms with Crippen LogP contribution in [-0.2, 0) is 0 Å². The summed E-state index contributed by atoms with van der Waals surface area (Å²) < 4.78 is 0. The first-order valence-corrected chi connectivity index (χ1v) is 8.90. The summed E-state index contributed by atoms with van der Waals surface area (Å²) in [6.07, 6.45) is 15.4. The number of fused-ring (bicyclic) bond motifs is 5. The van der Waals surface area contributed by atoms with Gasteiger partial charge >= 0.3 is 0 Å². The molecule has 0 aromatic carbocycles. The quantitative estimate of drug-likeness (QED) is 0.642. The second kappa shape index (κ2) is 4.35. The molecule has 112 valence electrons. The molecule has 0 radical (unpaired) electrons. The molecule has 0 aromatic rings. The highest BCUT2D eigenvalue weighted by atomic mass is 16.3. The van der Waals surface area contributed by atoms with Gasteiger partial charge in [0.05, 0.1) is 6.10 Å². The summed E-state index contributed by atoms with van der Waals surface area (Å²) in [5, 5.41) is 10.8. The van der Waals surface area contributed by atoms with Gasteiger partial charge in [0, 0.05) is 0 Å². The van der Waals surface area contributed by atoms with E-state index in [1.807, 2.05) is 0 Å². The molecule has 1 nitrogen and oxygen atoms in total. The third-order valence-corrected chi connectivity index (χ3v) is 7.92. The third kappa shape index (κ3) is 1.65. The van der Waals surface area contributed by atoms with Crippen molar-refractivity contribution in [3.05, 3.63) is 12.2 Å². The smallest absolute Gasteiger partial charge is 0.0576 e. The zero-order valence-electron chi connectivity index (χ0n) is 13.1. The van der Waals surface area contributed by atoms with E-state index in [0.717, 1.165) is 24.2 Å². The Morgan fingerprint density at radius 3 is 2.70 bits per heavy atom. The van der Waals surface area contributed by atoms with Crippen LogP contribution in [0.4, 0.5) is 0 Å². The molecule has 3 fully saturated rings. The zero-order chi connectivity index (χ0) is 14.0. The topological polar surface area (TPSA) is 20.2 Å². The molecule has 0 aliphatic heterocycles. The van der Waals surface area contributed by atoms with Gasteiger partial charge in [-0.25, -0.2) is 0 Å². The van der Waals surface area contributed by atoms with Gasteiger partial charge in [-0.15, -0.1) is 0 Å². The van der Waals surface area contributed by atoms with Gasteiger partial charge in [-0.2, -0.15) is 0 Å². The summed E-state index contributed by atoms with van der Waals surface area (Å²) in [6, 6.07) is 0. The predicted molar refractivity (Wildman–Crippen MR) is 82.3 cm³/mol. The zero-order valence-corrected chi connectivity index (χ0v) is 13.1. The Hall–Kier alpha value is -0.300. The second-order valence-electron chi connectivity index (χ2n) is 8.72. The lowest BCUT2D eigenvalue weighted by atomic mass is 9.45. The minimum absolute atomic E-state index is 0.0236. The van der Waals surface area contributed by atoms with Crippen LogP contribution in [0.1, 0.15) is 65.2 Å². The molecule has 1 heteroatoms. The molecule has 7 atom stereocenters. The van der Waals surface area contributed by atoms with Gasteiger partial charge in [0.15, 0.2) is 0 Å². The average Bonchev–Trinajstić information content (AvgIpc) is 2.81. The monoisotopic (exact) mass is 274 g/mol. The lowest BCUT2D eigenvalue weighted by Crippen LogP contribution is -2.56. The van der Waals surface area contributed by atoms with E-state index in [4.69, 9.17) is 0 Å². The molecule has 0 saturated heterocycles. The van der Waals surface area contributed by atoms with E-state index in [9.17, 15) is 5.11 Å². The lowest BCUT2D eigenvalue weighted by molar-refractivity contribution is -0.149. The number of aliphatic hydroxyl groups is 1. The number of rotatable bonds is 0. The molecule has 0 aromatic heterocycles. The van der Waals surface area contributed by atoms with Crippen LogP contribution in [0.2, 0.25) is 0 Å². The molecule has 20 heavy (non-hydrogen) atoms. The molecular formula is C19H30O. The van der Waals surface area contributed by atoms with Gasteiger partial charge in [-0.3, -0.25) is 0 Å². The van der Waals surface area contributed by atoms with E-state index >= 15 is 0 Å². The normalized spacial score (nSPS) is 57.9. The molecule has 4 aliphatic carbocycles. The standard InChI is InChI=1S/C19H30O/c1-18-9-5-7-14(18)13-12-17(20)16-6-3-4-10-19(16,2)15(13)8-11-18/h5,9,13-17,20H,3-4,6-8,10-12H2,1-2H3. The van der Waals surface area contributed by atoms with Crippen molar-refractivity contribution in [3.63, 3.8) is 0 Å². The van der Waals surface area contributed by atoms with Crippen molar-refractivity contribution in [1.29, 1.82) is 0 Å². The van der Waals surface area contributed by atoms with E-state index in [0.29, 0.717) is 16.7 Å². The van der Waals surface area contributed by atoms with Crippen LogP contribution in [0.25, 0.3) is 0 Å². The maximum Gasteiger partial charge on any atom is 0.0576 e. The minimum atomic E-state index is -0.0236. The highest BCUT2D eigenvalue weighted by Crippen LogP contribution is 2.64. The van der Waals surface area contributed by atoms with Crippen molar-refractivity contribution >= 4 is 0 Å². The summed E-state index contributed by atoms with van der Waals surface area (Å²) in [7, 11) is 0. The highest BCUT2D eigenvalue weighted by molar-refractivity contribution is 5.16. The largest absolute Gasteiger partial charge is 0.393 e. The minimum Gasteiger partial charge on any atom is -0.393 e. The summed E-state index contributed by atoms with van der Waals surface area (Å²) in [5.74, 6) is 3.07. The first-order chi connectivity index (χ1) is 9.55. The first kappa shape index (κ1) is 13.4. The fourth-order valence-corrected chi connectivity index (χ4v) is 6.84. The second-order valence-corrected chi connectivity index (χ2v) is 8.72. The Kier molecular flexibility index (Phi) is 2.91. The molecule has 0 spiro atoms. The lowest BCUT2D eigenvalue weighted by Gasteiger charge is -2.61. The molecule has 0 heterocycles. The number of aliphatic hydroxyl groups excluding tert-OH is 1. The third-order valence-electron chi connectivity index (χ3n) is 7.92. The van der Waals surface area contributed by atoms with E-state index in [-0.39, 0.29) is 6.10 Å². The van der Waals surface area contributed by atoms with Crippen LogP contribution in [0.15, 0.2) is 12.2 Å². The Bertz CT molecular complexity index is 427. The number of hydrogen-bond donors (Lipinski definition) is 1. The van der Waals surface area contributed by atoms with E-state index in [1.54, 1.807) is 0 Å². The van der Waals surface area contributed by atoms with Crippen LogP contribution in [0.3, 0.4) is 0 Å². The van der Waals surface area contributed by atoms with Crippen LogP contribution < -0.4 is 0 Å².